The molecule has 2 aromatic carbocycles. The number of hydrogen-bond acceptors (Lipinski definition) is 5. The summed E-state index contributed by atoms with van der Waals surface area (Å²) in [6.07, 6.45) is -4.38. The number of aryl methyl sites for hydroxylation is 1. The summed E-state index contributed by atoms with van der Waals surface area (Å²) < 4.78 is 40.4. The number of alkyl halides is 3. The quantitative estimate of drug-likeness (QED) is 0.546. The Bertz CT molecular complexity index is 1140. The van der Waals surface area contributed by atoms with Gasteiger partial charge in [0.15, 0.2) is 17.0 Å². The van der Waals surface area contributed by atoms with E-state index in [4.69, 9.17) is 0 Å². The highest BCUT2D eigenvalue weighted by atomic mass is 19.4. The summed E-state index contributed by atoms with van der Waals surface area (Å²) in [5, 5.41) is 11.4. The van der Waals surface area contributed by atoms with Crippen LogP contribution in [0.1, 0.15) is 22.5 Å². The van der Waals surface area contributed by atoms with Crippen LogP contribution in [0.4, 0.5) is 19.0 Å². The Morgan fingerprint density at radius 2 is 1.72 bits per heavy atom. The third-order valence-corrected chi connectivity index (χ3v) is 4.36. The van der Waals surface area contributed by atoms with Crippen molar-refractivity contribution in [1.82, 2.24) is 25.0 Å². The first kappa shape index (κ1) is 18.9. The zero-order valence-corrected chi connectivity index (χ0v) is 15.5. The lowest BCUT2D eigenvalue weighted by Crippen LogP contribution is -2.08. The van der Waals surface area contributed by atoms with Gasteiger partial charge in [-0.3, -0.25) is 0 Å². The molecule has 0 saturated carbocycles. The molecule has 4 aromatic rings. The normalized spacial score (nSPS) is 11.7. The van der Waals surface area contributed by atoms with E-state index in [1.54, 1.807) is 17.7 Å². The number of anilines is 1. The fourth-order valence-corrected chi connectivity index (χ4v) is 2.99. The van der Waals surface area contributed by atoms with Crippen LogP contribution in [0.3, 0.4) is 0 Å². The minimum Gasteiger partial charge on any atom is -0.364 e. The van der Waals surface area contributed by atoms with Crippen molar-refractivity contribution in [2.24, 2.45) is 0 Å². The first-order chi connectivity index (χ1) is 13.9. The lowest BCUT2D eigenvalue weighted by molar-refractivity contribution is -0.137. The van der Waals surface area contributed by atoms with Crippen LogP contribution in [0.5, 0.6) is 0 Å². The third-order valence-electron chi connectivity index (χ3n) is 4.36. The number of nitrogens with zero attached hydrogens (tertiary/aromatic N) is 5. The molecule has 0 aliphatic rings. The summed E-state index contributed by atoms with van der Waals surface area (Å²) in [6, 6.07) is 15.0. The molecule has 6 nitrogen and oxygen atoms in total. The molecule has 0 aliphatic carbocycles. The van der Waals surface area contributed by atoms with E-state index in [9.17, 15) is 13.2 Å². The summed E-state index contributed by atoms with van der Waals surface area (Å²) in [5.74, 6) is 0.949. The van der Waals surface area contributed by atoms with Crippen molar-refractivity contribution in [3.05, 3.63) is 77.1 Å². The molecule has 0 radical (unpaired) electrons. The molecule has 2 aromatic heterocycles. The number of hydrogen-bond donors (Lipinski definition) is 1. The Labute approximate surface area is 164 Å². The van der Waals surface area contributed by atoms with Gasteiger partial charge in [-0.25, -0.2) is 14.6 Å². The highest BCUT2D eigenvalue weighted by Gasteiger charge is 2.30. The Hall–Kier alpha value is -3.49. The summed E-state index contributed by atoms with van der Waals surface area (Å²) in [5.41, 5.74) is 1.89. The first-order valence-electron chi connectivity index (χ1n) is 8.92. The van der Waals surface area contributed by atoms with Crippen LogP contribution in [-0.2, 0) is 19.3 Å². The Balaban J connectivity index is 1.60. The second-order valence-electron chi connectivity index (χ2n) is 6.58. The van der Waals surface area contributed by atoms with Gasteiger partial charge in [-0.15, -0.1) is 5.10 Å². The lowest BCUT2D eigenvalue weighted by atomic mass is 10.1. The predicted octanol–water partition coefficient (Wildman–Crippen LogP) is 4.21. The molecule has 0 spiro atoms. The number of aromatic nitrogens is 5. The summed E-state index contributed by atoms with van der Waals surface area (Å²) in [6.45, 7) is 2.41. The number of rotatable bonds is 5. The van der Waals surface area contributed by atoms with E-state index < -0.39 is 11.7 Å². The van der Waals surface area contributed by atoms with E-state index in [2.05, 4.69) is 25.6 Å². The average molecular weight is 398 g/mol. The molecule has 2 heterocycles. The van der Waals surface area contributed by atoms with Gasteiger partial charge in [0.2, 0.25) is 0 Å². The van der Waals surface area contributed by atoms with Gasteiger partial charge >= 0.3 is 6.18 Å². The first-order valence-corrected chi connectivity index (χ1v) is 8.92. The van der Waals surface area contributed by atoms with E-state index in [1.165, 1.54) is 6.07 Å². The Morgan fingerprint density at radius 1 is 0.966 bits per heavy atom. The zero-order valence-electron chi connectivity index (χ0n) is 15.5. The van der Waals surface area contributed by atoms with E-state index >= 15 is 0 Å². The van der Waals surface area contributed by atoms with E-state index in [0.29, 0.717) is 34.9 Å². The predicted molar refractivity (Wildman–Crippen MR) is 102 cm³/mol. The maximum Gasteiger partial charge on any atom is 0.416 e. The smallest absolute Gasteiger partial charge is 0.364 e. The standard InChI is InChI=1S/C20H17F3N6/c1-13-25-18(24-11-15-8-5-9-16(10-15)20(21,22)23)17-19(26-13)29(28-27-17)12-14-6-3-2-4-7-14/h2-10H,11-12H2,1H3,(H,24,25,26). The monoisotopic (exact) mass is 398 g/mol. The second-order valence-corrected chi connectivity index (χ2v) is 6.58. The fraction of sp³-hybridized carbons (Fsp3) is 0.200. The largest absolute Gasteiger partial charge is 0.416 e. The third kappa shape index (κ3) is 4.18. The van der Waals surface area contributed by atoms with Crippen LogP contribution in [0.15, 0.2) is 54.6 Å². The molecule has 0 aliphatic heterocycles. The molecule has 0 bridgehead atoms. The number of halogens is 3. The van der Waals surface area contributed by atoms with Crippen LogP contribution in [0.25, 0.3) is 11.2 Å². The maximum atomic E-state index is 12.9. The number of benzene rings is 2. The topological polar surface area (TPSA) is 68.5 Å². The van der Waals surface area contributed by atoms with Gasteiger partial charge in [0.25, 0.3) is 0 Å². The van der Waals surface area contributed by atoms with Crippen molar-refractivity contribution in [2.45, 2.75) is 26.2 Å². The van der Waals surface area contributed by atoms with Crippen LogP contribution in [-0.4, -0.2) is 25.0 Å². The Morgan fingerprint density at radius 3 is 2.48 bits per heavy atom. The molecule has 9 heteroatoms. The van der Waals surface area contributed by atoms with Gasteiger partial charge in [-0.1, -0.05) is 47.7 Å². The van der Waals surface area contributed by atoms with Gasteiger partial charge in [-0.2, -0.15) is 13.2 Å². The molecule has 0 saturated heterocycles. The molecule has 0 fully saturated rings. The maximum absolute atomic E-state index is 12.9. The molecule has 4 rings (SSSR count). The van der Waals surface area contributed by atoms with Gasteiger partial charge in [0.1, 0.15) is 5.82 Å². The van der Waals surface area contributed by atoms with Gasteiger partial charge in [-0.05, 0) is 30.2 Å². The van der Waals surface area contributed by atoms with Gasteiger partial charge in [0, 0.05) is 6.54 Å². The fourth-order valence-electron chi connectivity index (χ4n) is 2.99. The lowest BCUT2D eigenvalue weighted by Gasteiger charge is -2.10. The molecule has 0 unspecified atom stereocenters. The van der Waals surface area contributed by atoms with E-state index in [-0.39, 0.29) is 6.54 Å². The molecule has 1 N–H and O–H groups in total. The zero-order chi connectivity index (χ0) is 20.4. The van der Waals surface area contributed by atoms with E-state index in [1.807, 2.05) is 30.3 Å². The average Bonchev–Trinajstić information content (AvgIpc) is 3.09. The molecule has 29 heavy (non-hydrogen) atoms. The summed E-state index contributed by atoms with van der Waals surface area (Å²) >= 11 is 0. The summed E-state index contributed by atoms with van der Waals surface area (Å²) in [4.78, 5) is 8.78. The minimum atomic E-state index is -4.38. The molecule has 0 amide bonds. The number of fused-ring (bicyclic) bond motifs is 1. The van der Waals surface area contributed by atoms with Crippen molar-refractivity contribution in [3.8, 4) is 0 Å². The van der Waals surface area contributed by atoms with Crippen LogP contribution in [0, 0.1) is 6.92 Å². The second kappa shape index (κ2) is 7.50. The highest BCUT2D eigenvalue weighted by Crippen LogP contribution is 2.29. The van der Waals surface area contributed by atoms with E-state index in [0.717, 1.165) is 17.7 Å². The Kier molecular flexibility index (Phi) is 4.87. The van der Waals surface area contributed by atoms with Crippen molar-refractivity contribution in [2.75, 3.05) is 5.32 Å². The van der Waals surface area contributed by atoms with Crippen LogP contribution >= 0.6 is 0 Å². The molecule has 148 valence electrons. The van der Waals surface area contributed by atoms with Crippen LogP contribution in [0.2, 0.25) is 0 Å². The van der Waals surface area contributed by atoms with Gasteiger partial charge < -0.3 is 5.32 Å². The minimum absolute atomic E-state index is 0.168. The van der Waals surface area contributed by atoms with Crippen LogP contribution < -0.4 is 5.32 Å². The summed E-state index contributed by atoms with van der Waals surface area (Å²) in [7, 11) is 0. The highest BCUT2D eigenvalue weighted by molar-refractivity contribution is 5.82. The van der Waals surface area contributed by atoms with Crippen molar-refractivity contribution >= 4 is 17.0 Å². The van der Waals surface area contributed by atoms with Crippen molar-refractivity contribution < 1.29 is 13.2 Å². The van der Waals surface area contributed by atoms with Gasteiger partial charge in [0.05, 0.1) is 12.1 Å². The SMILES string of the molecule is Cc1nc(NCc2cccc(C(F)(F)F)c2)c2nnn(Cc3ccccc3)c2n1. The molecule has 0 atom stereocenters. The number of nitrogens with one attached hydrogen (secondary N) is 1. The molecular weight excluding hydrogens is 381 g/mol. The van der Waals surface area contributed by atoms with Crippen molar-refractivity contribution in [1.29, 1.82) is 0 Å². The van der Waals surface area contributed by atoms with Crippen molar-refractivity contribution in [3.63, 3.8) is 0 Å². The molecular formula is C20H17F3N6.